The van der Waals surface area contributed by atoms with Crippen LogP contribution in [-0.4, -0.2) is 35.5 Å². The van der Waals surface area contributed by atoms with E-state index in [2.05, 4.69) is 29.0 Å². The van der Waals surface area contributed by atoms with Gasteiger partial charge in [-0.25, -0.2) is 5.84 Å². The molecule has 0 atom stereocenters. The molecule has 0 aromatic heterocycles. The van der Waals surface area contributed by atoms with Gasteiger partial charge in [-0.15, -0.1) is 0 Å². The minimum Gasteiger partial charge on any atom is -0.487 e. The number of carbonyl (C=O) groups is 1. The van der Waals surface area contributed by atoms with E-state index in [4.69, 9.17) is 10.6 Å². The lowest BCUT2D eigenvalue weighted by Crippen LogP contribution is -2.53. The Morgan fingerprint density at radius 2 is 2.04 bits per heavy atom. The van der Waals surface area contributed by atoms with Crippen molar-refractivity contribution in [1.82, 2.24) is 10.3 Å². The van der Waals surface area contributed by atoms with Crippen molar-refractivity contribution in [3.63, 3.8) is 0 Å². The first-order chi connectivity index (χ1) is 13.1. The molecule has 2 aliphatic heterocycles. The molecule has 1 aromatic carbocycles. The number of amides is 1. The molecular formula is C22H29N3O2. The molecule has 1 aliphatic carbocycles. The van der Waals surface area contributed by atoms with Gasteiger partial charge in [0.1, 0.15) is 11.4 Å². The topological polar surface area (TPSA) is 67.6 Å². The van der Waals surface area contributed by atoms with Gasteiger partial charge >= 0.3 is 0 Å². The summed E-state index contributed by atoms with van der Waals surface area (Å²) < 4.78 is 6.54. The van der Waals surface area contributed by atoms with Crippen LogP contribution in [0.3, 0.4) is 0 Å². The minimum atomic E-state index is -0.340. The first-order valence-electron chi connectivity index (χ1n) is 10.0. The number of hydrogen-bond acceptors (Lipinski definition) is 4. The molecule has 144 valence electrons. The van der Waals surface area contributed by atoms with Crippen molar-refractivity contribution >= 4 is 11.5 Å². The molecule has 2 fully saturated rings. The number of likely N-dealkylation sites (tertiary alicyclic amines) is 1. The fraction of sp³-hybridized carbons (Fsp3) is 0.500. The average Bonchev–Trinajstić information content (AvgIpc) is 2.66. The number of nitrogens with one attached hydrogen (secondary N) is 1. The van der Waals surface area contributed by atoms with Gasteiger partial charge in [0.25, 0.3) is 5.91 Å². The van der Waals surface area contributed by atoms with Gasteiger partial charge in [0, 0.05) is 25.2 Å². The van der Waals surface area contributed by atoms with Crippen LogP contribution in [-0.2, 0) is 11.2 Å². The van der Waals surface area contributed by atoms with Crippen LogP contribution in [0.4, 0.5) is 0 Å². The Morgan fingerprint density at radius 3 is 2.70 bits per heavy atom. The highest BCUT2D eigenvalue weighted by Crippen LogP contribution is 2.41. The summed E-state index contributed by atoms with van der Waals surface area (Å²) in [4.78, 5) is 13.9. The number of allylic oxidation sites excluding steroid dienone is 2. The van der Waals surface area contributed by atoms with Gasteiger partial charge in [-0.2, -0.15) is 0 Å². The number of carbonyl (C=O) groups excluding carboxylic acids is 1. The van der Waals surface area contributed by atoms with E-state index >= 15 is 0 Å². The molecule has 0 unspecified atom stereocenters. The average molecular weight is 367 g/mol. The first kappa shape index (κ1) is 18.3. The van der Waals surface area contributed by atoms with E-state index in [1.807, 2.05) is 6.07 Å². The number of nitrogens with zero attached hydrogens (tertiary/aromatic N) is 1. The monoisotopic (exact) mass is 367 g/mol. The van der Waals surface area contributed by atoms with E-state index in [9.17, 15) is 4.79 Å². The van der Waals surface area contributed by atoms with Crippen molar-refractivity contribution in [2.75, 3.05) is 13.1 Å². The Hall–Kier alpha value is -2.11. The molecule has 1 saturated heterocycles. The maximum absolute atomic E-state index is 11.3. The second-order valence-corrected chi connectivity index (χ2v) is 8.10. The van der Waals surface area contributed by atoms with Crippen molar-refractivity contribution < 1.29 is 9.53 Å². The highest BCUT2D eigenvalue weighted by molar-refractivity contribution is 5.90. The largest absolute Gasteiger partial charge is 0.487 e. The van der Waals surface area contributed by atoms with Gasteiger partial charge < -0.3 is 9.64 Å². The summed E-state index contributed by atoms with van der Waals surface area (Å²) in [5.74, 6) is 5.76. The number of aryl methyl sites for hydroxylation is 1. The summed E-state index contributed by atoms with van der Waals surface area (Å²) >= 11 is 0. The Morgan fingerprint density at radius 1 is 1.26 bits per heavy atom. The molecule has 3 N–H and O–H groups in total. The molecule has 5 heteroatoms. The Balaban J connectivity index is 1.41. The van der Waals surface area contributed by atoms with Crippen LogP contribution in [0.1, 0.15) is 49.7 Å². The van der Waals surface area contributed by atoms with E-state index in [1.54, 1.807) is 6.08 Å². The SMILES string of the molecule is C=C(/C=C\C(=O)NN)c1ccc2c(c1)CCC1(CCN(C3CCC3)CC1)O2. The smallest absolute Gasteiger partial charge is 0.257 e. The summed E-state index contributed by atoms with van der Waals surface area (Å²) in [5, 5.41) is 0. The number of ether oxygens (including phenoxy) is 1. The third-order valence-corrected chi connectivity index (χ3v) is 6.49. The van der Waals surface area contributed by atoms with Crippen LogP contribution < -0.4 is 16.0 Å². The van der Waals surface area contributed by atoms with E-state index < -0.39 is 0 Å². The number of rotatable bonds is 4. The zero-order chi connectivity index (χ0) is 18.9. The summed E-state index contributed by atoms with van der Waals surface area (Å²) in [7, 11) is 0. The lowest BCUT2D eigenvalue weighted by atomic mass is 9.81. The Labute approximate surface area is 161 Å². The maximum atomic E-state index is 11.3. The van der Waals surface area contributed by atoms with Crippen LogP contribution in [0, 0.1) is 0 Å². The van der Waals surface area contributed by atoms with Gasteiger partial charge in [0.15, 0.2) is 0 Å². The fourth-order valence-electron chi connectivity index (χ4n) is 4.44. The van der Waals surface area contributed by atoms with Crippen LogP contribution in [0.2, 0.25) is 0 Å². The highest BCUT2D eigenvalue weighted by atomic mass is 16.5. The predicted molar refractivity (Wildman–Crippen MR) is 107 cm³/mol. The number of nitrogens with two attached hydrogens (primary N) is 1. The van der Waals surface area contributed by atoms with Crippen molar-refractivity contribution in [1.29, 1.82) is 0 Å². The molecule has 5 nitrogen and oxygen atoms in total. The molecule has 1 amide bonds. The van der Waals surface area contributed by atoms with Crippen LogP contribution in [0.15, 0.2) is 36.9 Å². The molecule has 4 rings (SSSR count). The first-order valence-corrected chi connectivity index (χ1v) is 10.0. The molecule has 0 radical (unpaired) electrons. The lowest BCUT2D eigenvalue weighted by molar-refractivity contribution is -0.116. The molecular weight excluding hydrogens is 338 g/mol. The molecule has 3 aliphatic rings. The second-order valence-electron chi connectivity index (χ2n) is 8.10. The van der Waals surface area contributed by atoms with Crippen molar-refractivity contribution in [3.8, 4) is 5.75 Å². The quantitative estimate of drug-likeness (QED) is 0.282. The standard InChI is InChI=1S/C22H29N3O2/c1-16(5-8-21(26)24-23)17-6-7-20-18(15-17)9-10-22(27-20)11-13-25(14-12-22)19-3-2-4-19/h5-8,15,19H,1-4,9-14,23H2,(H,24,26)/b8-5-. The normalized spacial score (nSPS) is 22.1. The van der Waals surface area contributed by atoms with Crippen molar-refractivity contribution in [2.24, 2.45) is 5.84 Å². The van der Waals surface area contributed by atoms with E-state index in [0.29, 0.717) is 0 Å². The fourth-order valence-corrected chi connectivity index (χ4v) is 4.44. The lowest BCUT2D eigenvalue weighted by Gasteiger charge is -2.48. The van der Waals surface area contributed by atoms with Crippen LogP contribution in [0.25, 0.3) is 5.57 Å². The third kappa shape index (κ3) is 3.80. The Bertz CT molecular complexity index is 759. The van der Waals surface area contributed by atoms with Gasteiger partial charge in [-0.1, -0.05) is 19.1 Å². The number of hydrazine groups is 1. The zero-order valence-corrected chi connectivity index (χ0v) is 15.9. The van der Waals surface area contributed by atoms with E-state index in [-0.39, 0.29) is 11.5 Å². The summed E-state index contributed by atoms with van der Waals surface area (Å²) in [5.41, 5.74) is 5.13. The Kier molecular flexibility index (Phi) is 5.06. The minimum absolute atomic E-state index is 0.0187. The van der Waals surface area contributed by atoms with Crippen molar-refractivity contribution in [2.45, 2.75) is 56.6 Å². The highest BCUT2D eigenvalue weighted by Gasteiger charge is 2.41. The molecule has 0 bridgehead atoms. The molecule has 1 spiro atoms. The molecule has 1 aromatic rings. The van der Waals surface area contributed by atoms with Crippen molar-refractivity contribution in [3.05, 3.63) is 48.1 Å². The van der Waals surface area contributed by atoms with Gasteiger partial charge in [0.05, 0.1) is 0 Å². The van der Waals surface area contributed by atoms with E-state index in [0.717, 1.165) is 48.6 Å². The summed E-state index contributed by atoms with van der Waals surface area (Å²) in [6.07, 6.45) is 11.6. The summed E-state index contributed by atoms with van der Waals surface area (Å²) in [6, 6.07) is 7.06. The molecule has 1 saturated carbocycles. The molecule has 2 heterocycles. The van der Waals surface area contributed by atoms with Crippen LogP contribution >= 0.6 is 0 Å². The summed E-state index contributed by atoms with van der Waals surface area (Å²) in [6.45, 7) is 6.39. The number of fused-ring (bicyclic) bond motifs is 1. The van der Waals surface area contributed by atoms with Gasteiger partial charge in [0.2, 0.25) is 0 Å². The maximum Gasteiger partial charge on any atom is 0.257 e. The van der Waals surface area contributed by atoms with Gasteiger partial charge in [-0.3, -0.25) is 10.2 Å². The number of hydrogen-bond donors (Lipinski definition) is 2. The van der Waals surface area contributed by atoms with E-state index in [1.165, 1.54) is 44.0 Å². The molecule has 27 heavy (non-hydrogen) atoms. The predicted octanol–water partition coefficient (Wildman–Crippen LogP) is 2.96. The van der Waals surface area contributed by atoms with Crippen LogP contribution in [0.5, 0.6) is 5.75 Å². The van der Waals surface area contributed by atoms with Gasteiger partial charge in [-0.05, 0) is 73.4 Å². The zero-order valence-electron chi connectivity index (χ0n) is 15.9. The second kappa shape index (κ2) is 7.49. The third-order valence-electron chi connectivity index (χ3n) is 6.49. The number of piperidine rings is 1. The number of benzene rings is 1.